The third kappa shape index (κ3) is 6.34. The van der Waals surface area contributed by atoms with Crippen molar-refractivity contribution in [3.8, 4) is 22.9 Å². The molecule has 0 unspecified atom stereocenters. The smallest absolute Gasteiger partial charge is 0.227 e. The molecule has 1 heterocycles. The van der Waals surface area contributed by atoms with Crippen LogP contribution in [0.4, 0.5) is 0 Å². The van der Waals surface area contributed by atoms with Gasteiger partial charge in [0.15, 0.2) is 0 Å². The third-order valence-corrected chi connectivity index (χ3v) is 4.24. The molecule has 3 rings (SSSR count). The first-order chi connectivity index (χ1) is 14.5. The summed E-state index contributed by atoms with van der Waals surface area (Å²) < 4.78 is 16.3. The minimum Gasteiger partial charge on any atom is -0.494 e. The van der Waals surface area contributed by atoms with Crippen molar-refractivity contribution in [3.05, 3.63) is 60.0 Å². The highest BCUT2D eigenvalue weighted by molar-refractivity contribution is 5.76. The lowest BCUT2D eigenvalue weighted by Gasteiger charge is -2.10. The summed E-state index contributed by atoms with van der Waals surface area (Å²) in [5, 5.41) is 6.89. The molecule has 30 heavy (non-hydrogen) atoms. The summed E-state index contributed by atoms with van der Waals surface area (Å²) in [6.07, 6.45) is 0.798. The molecule has 0 saturated carbocycles. The van der Waals surface area contributed by atoms with Crippen molar-refractivity contribution in [1.29, 1.82) is 0 Å². The van der Waals surface area contributed by atoms with Gasteiger partial charge >= 0.3 is 0 Å². The molecule has 1 N–H and O–H groups in total. The van der Waals surface area contributed by atoms with Crippen molar-refractivity contribution in [2.45, 2.75) is 46.3 Å². The second-order valence-corrected chi connectivity index (χ2v) is 7.06. The molecule has 0 aliphatic rings. The zero-order valence-electron chi connectivity index (χ0n) is 17.6. The Labute approximate surface area is 176 Å². The van der Waals surface area contributed by atoms with E-state index in [4.69, 9.17) is 14.0 Å². The zero-order valence-corrected chi connectivity index (χ0v) is 17.6. The maximum absolute atomic E-state index is 12.1. The number of hydrogen-bond acceptors (Lipinski definition) is 6. The van der Waals surface area contributed by atoms with Crippen molar-refractivity contribution in [2.24, 2.45) is 0 Å². The highest BCUT2D eigenvalue weighted by Crippen LogP contribution is 2.20. The molecule has 0 aliphatic heterocycles. The number of carbonyl (C=O) groups is 1. The van der Waals surface area contributed by atoms with Crippen LogP contribution < -0.4 is 14.8 Å². The molecule has 2 aromatic carbocycles. The highest BCUT2D eigenvalue weighted by atomic mass is 16.5. The third-order valence-electron chi connectivity index (χ3n) is 4.24. The summed E-state index contributed by atoms with van der Waals surface area (Å²) in [4.78, 5) is 16.5. The topological polar surface area (TPSA) is 86.5 Å². The van der Waals surface area contributed by atoms with Gasteiger partial charge in [-0.25, -0.2) is 0 Å². The highest BCUT2D eigenvalue weighted by Gasteiger charge is 2.11. The van der Waals surface area contributed by atoms with E-state index in [-0.39, 0.29) is 18.4 Å². The van der Waals surface area contributed by atoms with Crippen LogP contribution in [0.25, 0.3) is 11.4 Å². The Kier molecular flexibility index (Phi) is 7.43. The molecule has 0 aliphatic carbocycles. The Balaban J connectivity index is 1.45. The van der Waals surface area contributed by atoms with Crippen molar-refractivity contribution in [2.75, 3.05) is 6.61 Å². The Morgan fingerprint density at radius 1 is 1.07 bits per heavy atom. The first-order valence-corrected chi connectivity index (χ1v) is 10.1. The SMILES string of the molecule is CCOc1ccc(-c2noc(CCC(=O)NCc3ccc(OC(C)C)cc3)n2)cc1. The molecule has 1 aromatic heterocycles. The van der Waals surface area contributed by atoms with Gasteiger partial charge in [0.2, 0.25) is 17.6 Å². The van der Waals surface area contributed by atoms with Crippen LogP contribution in [0.5, 0.6) is 11.5 Å². The Morgan fingerprint density at radius 2 is 1.77 bits per heavy atom. The molecule has 158 valence electrons. The second kappa shape index (κ2) is 10.4. The number of ether oxygens (including phenoxy) is 2. The van der Waals surface area contributed by atoms with Gasteiger partial charge in [-0.2, -0.15) is 4.98 Å². The van der Waals surface area contributed by atoms with Gasteiger partial charge in [0.05, 0.1) is 12.7 Å². The number of carbonyl (C=O) groups excluding carboxylic acids is 1. The molecule has 7 heteroatoms. The van der Waals surface area contributed by atoms with Crippen LogP contribution in [-0.2, 0) is 17.8 Å². The minimum absolute atomic E-state index is 0.0710. The molecular weight excluding hydrogens is 382 g/mol. The average Bonchev–Trinajstić information content (AvgIpc) is 3.21. The quantitative estimate of drug-likeness (QED) is 0.541. The van der Waals surface area contributed by atoms with E-state index in [0.717, 1.165) is 22.6 Å². The molecule has 0 fully saturated rings. The van der Waals surface area contributed by atoms with Gasteiger partial charge in [0, 0.05) is 24.9 Å². The van der Waals surface area contributed by atoms with Gasteiger partial charge in [-0.15, -0.1) is 0 Å². The number of aromatic nitrogens is 2. The Bertz CT molecular complexity index is 934. The van der Waals surface area contributed by atoms with E-state index in [0.29, 0.717) is 31.3 Å². The fraction of sp³-hybridized carbons (Fsp3) is 0.348. The van der Waals surface area contributed by atoms with Gasteiger partial charge in [-0.1, -0.05) is 17.3 Å². The van der Waals surface area contributed by atoms with Gasteiger partial charge in [-0.05, 0) is 62.7 Å². The average molecular weight is 409 g/mol. The van der Waals surface area contributed by atoms with Crippen LogP contribution in [0.2, 0.25) is 0 Å². The largest absolute Gasteiger partial charge is 0.494 e. The normalized spacial score (nSPS) is 10.8. The molecule has 0 saturated heterocycles. The summed E-state index contributed by atoms with van der Waals surface area (Å²) in [7, 11) is 0. The van der Waals surface area contributed by atoms with E-state index < -0.39 is 0 Å². The number of nitrogens with one attached hydrogen (secondary N) is 1. The first-order valence-electron chi connectivity index (χ1n) is 10.1. The maximum atomic E-state index is 12.1. The summed E-state index contributed by atoms with van der Waals surface area (Å²) in [5.41, 5.74) is 1.85. The lowest BCUT2D eigenvalue weighted by molar-refractivity contribution is -0.121. The molecule has 3 aromatic rings. The van der Waals surface area contributed by atoms with Crippen LogP contribution in [0, 0.1) is 0 Å². The lowest BCUT2D eigenvalue weighted by Crippen LogP contribution is -2.23. The Hall–Kier alpha value is -3.35. The molecule has 0 radical (unpaired) electrons. The van der Waals surface area contributed by atoms with Crippen LogP contribution >= 0.6 is 0 Å². The number of rotatable bonds is 10. The number of aryl methyl sites for hydroxylation is 1. The van der Waals surface area contributed by atoms with E-state index in [1.54, 1.807) is 0 Å². The standard InChI is InChI=1S/C23H27N3O4/c1-4-28-19-11-7-18(8-12-19)23-25-22(30-26-23)14-13-21(27)24-15-17-5-9-20(10-6-17)29-16(2)3/h5-12,16H,4,13-15H2,1-3H3,(H,24,27). The molecule has 0 spiro atoms. The second-order valence-electron chi connectivity index (χ2n) is 7.06. The van der Waals surface area contributed by atoms with Crippen molar-refractivity contribution >= 4 is 5.91 Å². The predicted molar refractivity (Wildman–Crippen MR) is 113 cm³/mol. The minimum atomic E-state index is -0.0710. The van der Waals surface area contributed by atoms with Crippen LogP contribution in [0.1, 0.15) is 38.6 Å². The molecule has 1 amide bonds. The first kappa shape index (κ1) is 21.4. The van der Waals surface area contributed by atoms with E-state index in [9.17, 15) is 4.79 Å². The van der Waals surface area contributed by atoms with Gasteiger partial charge < -0.3 is 19.3 Å². The van der Waals surface area contributed by atoms with Gasteiger partial charge in [0.1, 0.15) is 11.5 Å². The van der Waals surface area contributed by atoms with E-state index in [1.807, 2.05) is 69.3 Å². The number of amides is 1. The molecule has 7 nitrogen and oxygen atoms in total. The fourth-order valence-corrected chi connectivity index (χ4v) is 2.81. The summed E-state index contributed by atoms with van der Waals surface area (Å²) in [6, 6.07) is 15.2. The zero-order chi connectivity index (χ0) is 21.3. The molecule has 0 bridgehead atoms. The van der Waals surface area contributed by atoms with E-state index in [2.05, 4.69) is 15.5 Å². The van der Waals surface area contributed by atoms with Gasteiger partial charge in [-0.3, -0.25) is 4.79 Å². The van der Waals surface area contributed by atoms with E-state index >= 15 is 0 Å². The number of hydrogen-bond donors (Lipinski definition) is 1. The monoisotopic (exact) mass is 409 g/mol. The Morgan fingerprint density at radius 3 is 2.43 bits per heavy atom. The summed E-state index contributed by atoms with van der Waals surface area (Å²) >= 11 is 0. The van der Waals surface area contributed by atoms with Crippen molar-refractivity contribution in [1.82, 2.24) is 15.5 Å². The fourth-order valence-electron chi connectivity index (χ4n) is 2.81. The number of benzene rings is 2. The summed E-state index contributed by atoms with van der Waals surface area (Å²) in [6.45, 7) is 6.99. The summed E-state index contributed by atoms with van der Waals surface area (Å²) in [5.74, 6) is 2.48. The maximum Gasteiger partial charge on any atom is 0.227 e. The van der Waals surface area contributed by atoms with Crippen molar-refractivity contribution in [3.63, 3.8) is 0 Å². The van der Waals surface area contributed by atoms with Crippen LogP contribution in [-0.4, -0.2) is 28.8 Å². The molecule has 0 atom stereocenters. The predicted octanol–water partition coefficient (Wildman–Crippen LogP) is 4.17. The van der Waals surface area contributed by atoms with Crippen LogP contribution in [0.15, 0.2) is 53.1 Å². The van der Waals surface area contributed by atoms with Crippen LogP contribution in [0.3, 0.4) is 0 Å². The van der Waals surface area contributed by atoms with Crippen molar-refractivity contribution < 1.29 is 18.8 Å². The lowest BCUT2D eigenvalue weighted by atomic mass is 10.2. The van der Waals surface area contributed by atoms with E-state index in [1.165, 1.54) is 0 Å². The van der Waals surface area contributed by atoms with Gasteiger partial charge in [0.25, 0.3) is 0 Å². The number of nitrogens with zero attached hydrogens (tertiary/aromatic N) is 2. The molecular formula is C23H27N3O4.